The van der Waals surface area contributed by atoms with Gasteiger partial charge >= 0.3 is 0 Å². The predicted molar refractivity (Wildman–Crippen MR) is 116 cm³/mol. The fourth-order valence-corrected chi connectivity index (χ4v) is 3.28. The van der Waals surface area contributed by atoms with Crippen molar-refractivity contribution in [1.29, 1.82) is 0 Å². The second-order valence-electron chi connectivity index (χ2n) is 6.18. The van der Waals surface area contributed by atoms with Gasteiger partial charge in [-0.1, -0.05) is 13.8 Å². The van der Waals surface area contributed by atoms with Gasteiger partial charge in [0.1, 0.15) is 5.01 Å². The van der Waals surface area contributed by atoms with E-state index in [9.17, 15) is 0 Å². The van der Waals surface area contributed by atoms with E-state index in [-0.39, 0.29) is 24.0 Å². The van der Waals surface area contributed by atoms with Crippen LogP contribution in [0, 0.1) is 13.8 Å². The number of aryl methyl sites for hydroxylation is 3. The highest BCUT2D eigenvalue weighted by Crippen LogP contribution is 2.17. The van der Waals surface area contributed by atoms with Crippen molar-refractivity contribution in [2.75, 3.05) is 13.6 Å². The van der Waals surface area contributed by atoms with E-state index in [1.54, 1.807) is 18.4 Å². The molecule has 2 aromatic heterocycles. The lowest BCUT2D eigenvalue weighted by Crippen LogP contribution is -2.37. The fraction of sp³-hybridized carbons (Fsp3) is 0.588. The summed E-state index contributed by atoms with van der Waals surface area (Å²) in [7, 11) is 1.79. The second-order valence-corrected chi connectivity index (χ2v) is 7.12. The molecule has 25 heavy (non-hydrogen) atoms. The smallest absolute Gasteiger partial charge is 0.191 e. The molecule has 0 amide bonds. The Morgan fingerprint density at radius 1 is 1.32 bits per heavy atom. The number of halogens is 1. The monoisotopic (exact) mass is 476 g/mol. The average molecular weight is 476 g/mol. The lowest BCUT2D eigenvalue weighted by molar-refractivity contribution is 0.555. The van der Waals surface area contributed by atoms with Crippen molar-refractivity contribution < 1.29 is 0 Å². The van der Waals surface area contributed by atoms with E-state index in [4.69, 9.17) is 0 Å². The molecule has 0 aliphatic carbocycles. The van der Waals surface area contributed by atoms with Crippen LogP contribution in [-0.4, -0.2) is 34.3 Å². The van der Waals surface area contributed by atoms with Gasteiger partial charge in [0.15, 0.2) is 5.96 Å². The molecule has 2 rings (SSSR count). The molecule has 0 saturated heterocycles. The van der Waals surface area contributed by atoms with Gasteiger partial charge in [0, 0.05) is 31.2 Å². The molecule has 140 valence electrons. The van der Waals surface area contributed by atoms with Crippen LogP contribution < -0.4 is 10.6 Å². The van der Waals surface area contributed by atoms with Gasteiger partial charge in [0.2, 0.25) is 0 Å². The maximum absolute atomic E-state index is 4.63. The molecule has 0 spiro atoms. The summed E-state index contributed by atoms with van der Waals surface area (Å²) in [6.07, 6.45) is 0.997. The summed E-state index contributed by atoms with van der Waals surface area (Å²) in [5, 5.41) is 14.4. The second kappa shape index (κ2) is 10.7. The van der Waals surface area contributed by atoms with Crippen LogP contribution in [0.3, 0.4) is 0 Å². The van der Waals surface area contributed by atoms with Gasteiger partial charge < -0.3 is 10.6 Å². The summed E-state index contributed by atoms with van der Waals surface area (Å²) in [5.74, 6) is 1.28. The maximum atomic E-state index is 4.63. The first kappa shape index (κ1) is 21.9. The Bertz CT molecular complexity index is 676. The summed E-state index contributed by atoms with van der Waals surface area (Å²) in [5.41, 5.74) is 3.44. The van der Waals surface area contributed by atoms with Gasteiger partial charge in [0.25, 0.3) is 0 Å². The first-order chi connectivity index (χ1) is 11.5. The molecule has 0 unspecified atom stereocenters. The molecule has 2 aromatic rings. The van der Waals surface area contributed by atoms with Crippen LogP contribution >= 0.6 is 35.3 Å². The third kappa shape index (κ3) is 6.93. The molecular weight excluding hydrogens is 447 g/mol. The topological polar surface area (TPSA) is 67.1 Å². The van der Waals surface area contributed by atoms with Gasteiger partial charge in [-0.2, -0.15) is 5.10 Å². The first-order valence-electron chi connectivity index (χ1n) is 8.39. The largest absolute Gasteiger partial charge is 0.356 e. The van der Waals surface area contributed by atoms with Crippen LogP contribution in [0.25, 0.3) is 0 Å². The standard InChI is InChI=1S/C17H28N6S.HI/c1-12(2)15-11-24-16(21-15)10-20-17(18-5)19-7-6-8-23-14(4)9-13(3)22-23;/h9,11-12H,6-8,10H2,1-5H3,(H2,18,19,20);1H. The van der Waals surface area contributed by atoms with Crippen molar-refractivity contribution in [2.45, 2.75) is 53.1 Å². The summed E-state index contributed by atoms with van der Waals surface area (Å²) in [6.45, 7) is 10.9. The van der Waals surface area contributed by atoms with E-state index in [0.29, 0.717) is 12.5 Å². The van der Waals surface area contributed by atoms with Gasteiger partial charge in [0.05, 0.1) is 17.9 Å². The summed E-state index contributed by atoms with van der Waals surface area (Å²) < 4.78 is 2.05. The van der Waals surface area contributed by atoms with Gasteiger partial charge in [-0.3, -0.25) is 9.67 Å². The molecule has 0 aromatic carbocycles. The van der Waals surface area contributed by atoms with Crippen molar-refractivity contribution in [2.24, 2.45) is 4.99 Å². The zero-order chi connectivity index (χ0) is 17.5. The maximum Gasteiger partial charge on any atom is 0.191 e. The number of hydrogen-bond donors (Lipinski definition) is 2. The first-order valence-corrected chi connectivity index (χ1v) is 9.27. The van der Waals surface area contributed by atoms with E-state index in [1.165, 1.54) is 5.69 Å². The van der Waals surface area contributed by atoms with Crippen LogP contribution in [0.5, 0.6) is 0 Å². The van der Waals surface area contributed by atoms with Crippen molar-refractivity contribution in [3.63, 3.8) is 0 Å². The molecule has 0 saturated carbocycles. The SMILES string of the molecule is CN=C(NCCCn1nc(C)cc1C)NCc1nc(C(C)C)cs1.I. The Labute approximate surface area is 171 Å². The van der Waals surface area contributed by atoms with Gasteiger partial charge in [-0.25, -0.2) is 4.98 Å². The van der Waals surface area contributed by atoms with Crippen LogP contribution in [0.15, 0.2) is 16.4 Å². The Hall–Kier alpha value is -1.16. The summed E-state index contributed by atoms with van der Waals surface area (Å²) in [6, 6.07) is 2.10. The Balaban J connectivity index is 0.00000312. The summed E-state index contributed by atoms with van der Waals surface area (Å²) in [4.78, 5) is 8.89. The third-order valence-corrected chi connectivity index (χ3v) is 4.60. The normalized spacial score (nSPS) is 11.5. The molecule has 0 radical (unpaired) electrons. The highest BCUT2D eigenvalue weighted by molar-refractivity contribution is 14.0. The van der Waals surface area contributed by atoms with E-state index in [2.05, 4.69) is 62.6 Å². The van der Waals surface area contributed by atoms with Gasteiger partial charge in [-0.05, 0) is 32.3 Å². The van der Waals surface area contributed by atoms with E-state index in [0.717, 1.165) is 41.9 Å². The van der Waals surface area contributed by atoms with Crippen molar-refractivity contribution >= 4 is 41.3 Å². The molecule has 0 fully saturated rings. The third-order valence-electron chi connectivity index (χ3n) is 3.73. The van der Waals surface area contributed by atoms with Crippen LogP contribution in [0.4, 0.5) is 0 Å². The number of thiazole rings is 1. The number of aromatic nitrogens is 3. The number of rotatable bonds is 7. The van der Waals surface area contributed by atoms with Crippen LogP contribution in [-0.2, 0) is 13.1 Å². The Kier molecular flexibility index (Phi) is 9.41. The molecule has 0 aliphatic heterocycles. The molecule has 0 bridgehead atoms. The molecule has 8 heteroatoms. The number of guanidine groups is 1. The predicted octanol–water partition coefficient (Wildman–Crippen LogP) is 3.45. The lowest BCUT2D eigenvalue weighted by Gasteiger charge is -2.11. The van der Waals surface area contributed by atoms with E-state index in [1.807, 2.05) is 6.92 Å². The Morgan fingerprint density at radius 3 is 2.64 bits per heavy atom. The molecular formula is C17H29IN6S. The molecule has 2 heterocycles. The minimum absolute atomic E-state index is 0. The molecule has 6 nitrogen and oxygen atoms in total. The van der Waals surface area contributed by atoms with Crippen LogP contribution in [0.1, 0.15) is 48.3 Å². The molecule has 0 atom stereocenters. The van der Waals surface area contributed by atoms with Gasteiger partial charge in [-0.15, -0.1) is 35.3 Å². The quantitative estimate of drug-likeness (QED) is 0.278. The number of nitrogens with one attached hydrogen (secondary N) is 2. The van der Waals surface area contributed by atoms with Crippen molar-refractivity contribution in [3.8, 4) is 0 Å². The number of hydrogen-bond acceptors (Lipinski definition) is 4. The minimum atomic E-state index is 0. The molecule has 0 aliphatic rings. The van der Waals surface area contributed by atoms with E-state index < -0.39 is 0 Å². The van der Waals surface area contributed by atoms with E-state index >= 15 is 0 Å². The Morgan fingerprint density at radius 2 is 2.08 bits per heavy atom. The number of aliphatic imine (C=N–C) groups is 1. The fourth-order valence-electron chi connectivity index (χ4n) is 2.39. The summed E-state index contributed by atoms with van der Waals surface area (Å²) >= 11 is 1.69. The highest BCUT2D eigenvalue weighted by atomic mass is 127. The zero-order valence-corrected chi connectivity index (χ0v) is 18.8. The van der Waals surface area contributed by atoms with Crippen molar-refractivity contribution in [3.05, 3.63) is 33.5 Å². The highest BCUT2D eigenvalue weighted by Gasteiger charge is 2.06. The number of nitrogens with zero attached hydrogens (tertiary/aromatic N) is 4. The zero-order valence-electron chi connectivity index (χ0n) is 15.7. The minimum Gasteiger partial charge on any atom is -0.356 e. The average Bonchev–Trinajstić information content (AvgIpc) is 3.13. The van der Waals surface area contributed by atoms with Crippen molar-refractivity contribution in [1.82, 2.24) is 25.4 Å². The van der Waals surface area contributed by atoms with Crippen LogP contribution in [0.2, 0.25) is 0 Å². The molecule has 2 N–H and O–H groups in total. The lowest BCUT2D eigenvalue weighted by atomic mass is 10.2.